The Hall–Kier alpha value is -4.40. The third-order valence-corrected chi connectivity index (χ3v) is 6.08. The molecule has 1 aliphatic rings. The number of likely N-dealkylation sites (tertiary alicyclic amines) is 1. The number of halogens is 1. The van der Waals surface area contributed by atoms with Gasteiger partial charge in [0.15, 0.2) is 0 Å². The van der Waals surface area contributed by atoms with Crippen molar-refractivity contribution in [3.63, 3.8) is 0 Å². The fraction of sp³-hybridized carbons (Fsp3) is 0.192. The number of allylic oxidation sites excluding steroid dienone is 1. The fourth-order valence-corrected chi connectivity index (χ4v) is 4.47. The smallest absolute Gasteiger partial charge is 0.334 e. The molecule has 9 heteroatoms. The number of imidazole rings is 1. The van der Waals surface area contributed by atoms with Crippen LogP contribution in [0.1, 0.15) is 12.5 Å². The van der Waals surface area contributed by atoms with Gasteiger partial charge in [-0.3, -0.25) is 13.9 Å². The molecule has 35 heavy (non-hydrogen) atoms. The molecule has 1 atom stereocenters. The number of nitrogen functional groups attached to an aromatic ring is 1. The molecule has 5 rings (SSSR count). The van der Waals surface area contributed by atoms with Crippen molar-refractivity contribution in [3.05, 3.63) is 89.5 Å². The number of hydrogen-bond donors (Lipinski definition) is 1. The van der Waals surface area contributed by atoms with Gasteiger partial charge in [-0.15, -0.1) is 0 Å². The SMILES string of the molecule is Nc1nccc2c1n(-c1ccc(Oc3ccccc3)cc1)c(=O)n2[C@@H]1CCN(C(=O)/C=C/CF)C1. The van der Waals surface area contributed by atoms with Crippen molar-refractivity contribution in [3.8, 4) is 17.2 Å². The molecule has 2 aromatic heterocycles. The number of nitrogens with zero attached hydrogens (tertiary/aromatic N) is 4. The molecule has 0 spiro atoms. The van der Waals surface area contributed by atoms with Crippen LogP contribution in [0.5, 0.6) is 11.5 Å². The average Bonchev–Trinajstić information content (AvgIpc) is 3.47. The molecular weight excluding hydrogens is 449 g/mol. The summed E-state index contributed by atoms with van der Waals surface area (Å²) in [4.78, 5) is 31.8. The number of hydrogen-bond acceptors (Lipinski definition) is 5. The Bertz CT molecular complexity index is 1440. The van der Waals surface area contributed by atoms with Crippen molar-refractivity contribution >= 4 is 22.8 Å². The lowest BCUT2D eigenvalue weighted by Gasteiger charge is -2.15. The number of alkyl halides is 1. The van der Waals surface area contributed by atoms with Gasteiger partial charge in [0.05, 0.1) is 17.2 Å². The van der Waals surface area contributed by atoms with E-state index in [9.17, 15) is 14.0 Å². The highest BCUT2D eigenvalue weighted by Crippen LogP contribution is 2.29. The normalized spacial score (nSPS) is 15.8. The number of carbonyl (C=O) groups excluding carboxylic acids is 1. The average molecular weight is 474 g/mol. The van der Waals surface area contributed by atoms with Crippen LogP contribution in [0, 0.1) is 0 Å². The number of anilines is 1. The monoisotopic (exact) mass is 473 g/mol. The molecular formula is C26H24FN5O3. The second-order valence-electron chi connectivity index (χ2n) is 8.24. The second kappa shape index (κ2) is 9.46. The third kappa shape index (κ3) is 4.28. The summed E-state index contributed by atoms with van der Waals surface area (Å²) in [6.07, 6.45) is 4.58. The molecule has 2 aromatic carbocycles. The summed E-state index contributed by atoms with van der Waals surface area (Å²) in [5, 5.41) is 0. The van der Waals surface area contributed by atoms with Crippen LogP contribution in [0.3, 0.4) is 0 Å². The number of amides is 1. The molecule has 2 N–H and O–H groups in total. The van der Waals surface area contributed by atoms with Gasteiger partial charge >= 0.3 is 5.69 Å². The van der Waals surface area contributed by atoms with Crippen LogP contribution in [-0.2, 0) is 4.79 Å². The van der Waals surface area contributed by atoms with Gasteiger partial charge in [0.2, 0.25) is 5.91 Å². The predicted molar refractivity (Wildman–Crippen MR) is 132 cm³/mol. The van der Waals surface area contributed by atoms with Gasteiger partial charge in [-0.1, -0.05) is 18.2 Å². The Kier molecular flexibility index (Phi) is 6.05. The first-order valence-corrected chi connectivity index (χ1v) is 11.3. The lowest BCUT2D eigenvalue weighted by atomic mass is 10.2. The predicted octanol–water partition coefficient (Wildman–Crippen LogP) is 3.86. The molecule has 0 saturated carbocycles. The van der Waals surface area contributed by atoms with Gasteiger partial charge in [-0.05, 0) is 55.0 Å². The number of rotatable bonds is 6. The van der Waals surface area contributed by atoms with E-state index in [1.165, 1.54) is 16.7 Å². The highest BCUT2D eigenvalue weighted by molar-refractivity contribution is 5.88. The van der Waals surface area contributed by atoms with Crippen LogP contribution in [0.15, 0.2) is 83.8 Å². The number of benzene rings is 2. The van der Waals surface area contributed by atoms with Crippen LogP contribution in [0.2, 0.25) is 0 Å². The summed E-state index contributed by atoms with van der Waals surface area (Å²) in [6, 6.07) is 18.1. The Morgan fingerprint density at radius 1 is 1.11 bits per heavy atom. The standard InChI is InChI=1S/C26H24FN5O3/c27-14-4-7-23(33)30-16-13-19(17-30)31-22-12-15-29-25(28)24(22)32(26(31)34)18-8-10-21(11-9-18)35-20-5-2-1-3-6-20/h1-12,15,19H,13-14,16-17H2,(H2,28,29)/b7-4+/t19-/m1/s1. The van der Waals surface area contributed by atoms with Gasteiger partial charge in [0, 0.05) is 25.4 Å². The quantitative estimate of drug-likeness (QED) is 0.429. The molecule has 0 radical (unpaired) electrons. The Labute approximate surface area is 200 Å². The largest absolute Gasteiger partial charge is 0.457 e. The molecule has 4 aromatic rings. The number of fused-ring (bicyclic) bond motifs is 1. The molecule has 0 unspecified atom stereocenters. The van der Waals surface area contributed by atoms with Crippen molar-refractivity contribution in [2.45, 2.75) is 12.5 Å². The number of para-hydroxylation sites is 1. The van der Waals surface area contributed by atoms with Crippen LogP contribution in [0.25, 0.3) is 16.7 Å². The first kappa shape index (κ1) is 22.4. The van der Waals surface area contributed by atoms with Crippen molar-refractivity contribution in [2.75, 3.05) is 25.5 Å². The van der Waals surface area contributed by atoms with E-state index in [0.717, 1.165) is 0 Å². The number of aromatic nitrogens is 3. The van der Waals surface area contributed by atoms with E-state index in [2.05, 4.69) is 4.98 Å². The van der Waals surface area contributed by atoms with E-state index >= 15 is 0 Å². The molecule has 1 aliphatic heterocycles. The first-order chi connectivity index (χ1) is 17.1. The highest BCUT2D eigenvalue weighted by Gasteiger charge is 2.30. The molecule has 3 heterocycles. The zero-order valence-corrected chi connectivity index (χ0v) is 18.9. The van der Waals surface area contributed by atoms with Crippen LogP contribution >= 0.6 is 0 Å². The molecule has 0 aliphatic carbocycles. The molecule has 178 valence electrons. The van der Waals surface area contributed by atoms with Crippen LogP contribution in [-0.4, -0.2) is 44.7 Å². The fourth-order valence-electron chi connectivity index (χ4n) is 4.47. The Morgan fingerprint density at radius 2 is 1.86 bits per heavy atom. The van der Waals surface area contributed by atoms with Crippen molar-refractivity contribution in [2.24, 2.45) is 0 Å². The lowest BCUT2D eigenvalue weighted by molar-refractivity contribution is -0.125. The third-order valence-electron chi connectivity index (χ3n) is 6.08. The zero-order valence-electron chi connectivity index (χ0n) is 18.9. The molecule has 1 amide bonds. The number of carbonyl (C=O) groups is 1. The second-order valence-corrected chi connectivity index (χ2v) is 8.24. The van der Waals surface area contributed by atoms with E-state index < -0.39 is 6.67 Å². The number of pyridine rings is 1. The van der Waals surface area contributed by atoms with Gasteiger partial charge in [0.1, 0.15) is 29.5 Å². The molecule has 1 fully saturated rings. The Balaban J connectivity index is 1.51. The van der Waals surface area contributed by atoms with Crippen LogP contribution in [0.4, 0.5) is 10.2 Å². The van der Waals surface area contributed by atoms with Gasteiger partial charge in [-0.25, -0.2) is 14.2 Å². The summed E-state index contributed by atoms with van der Waals surface area (Å²) in [5.74, 6) is 1.31. The van der Waals surface area contributed by atoms with E-state index in [0.29, 0.717) is 47.7 Å². The van der Waals surface area contributed by atoms with E-state index in [1.807, 2.05) is 30.3 Å². The first-order valence-electron chi connectivity index (χ1n) is 11.3. The summed E-state index contributed by atoms with van der Waals surface area (Å²) < 4.78 is 21.5. The minimum atomic E-state index is -0.697. The van der Waals surface area contributed by atoms with Gasteiger partial charge in [0.25, 0.3) is 0 Å². The maximum absolute atomic E-state index is 13.7. The minimum absolute atomic E-state index is 0.236. The van der Waals surface area contributed by atoms with E-state index in [-0.39, 0.29) is 23.5 Å². The van der Waals surface area contributed by atoms with E-state index in [4.69, 9.17) is 10.5 Å². The number of ether oxygens (including phenoxy) is 1. The van der Waals surface area contributed by atoms with Gasteiger partial charge in [-0.2, -0.15) is 0 Å². The maximum atomic E-state index is 13.7. The topological polar surface area (TPSA) is 95.4 Å². The molecule has 0 bridgehead atoms. The van der Waals surface area contributed by atoms with Crippen molar-refractivity contribution in [1.82, 2.24) is 19.0 Å². The zero-order chi connectivity index (χ0) is 24.4. The summed E-state index contributed by atoms with van der Waals surface area (Å²) in [6.45, 7) is 0.128. The number of nitrogens with two attached hydrogens (primary N) is 1. The summed E-state index contributed by atoms with van der Waals surface area (Å²) in [5.41, 5.74) is 7.73. The molecule has 1 saturated heterocycles. The summed E-state index contributed by atoms with van der Waals surface area (Å²) >= 11 is 0. The van der Waals surface area contributed by atoms with Crippen molar-refractivity contribution < 1.29 is 13.9 Å². The molecule has 8 nitrogen and oxygen atoms in total. The Morgan fingerprint density at radius 3 is 2.60 bits per heavy atom. The van der Waals surface area contributed by atoms with Crippen LogP contribution < -0.4 is 16.2 Å². The van der Waals surface area contributed by atoms with E-state index in [1.54, 1.807) is 46.0 Å². The maximum Gasteiger partial charge on any atom is 0.334 e. The lowest BCUT2D eigenvalue weighted by Crippen LogP contribution is -2.31. The van der Waals surface area contributed by atoms with Gasteiger partial charge < -0.3 is 15.4 Å². The highest BCUT2D eigenvalue weighted by atomic mass is 19.1. The van der Waals surface area contributed by atoms with Crippen molar-refractivity contribution in [1.29, 1.82) is 0 Å². The minimum Gasteiger partial charge on any atom is -0.457 e. The summed E-state index contributed by atoms with van der Waals surface area (Å²) in [7, 11) is 0.